The Bertz CT molecular complexity index is 1110. The van der Waals surface area contributed by atoms with Crippen molar-refractivity contribution in [2.45, 2.75) is 37.8 Å². The van der Waals surface area contributed by atoms with Gasteiger partial charge in [0.25, 0.3) is 5.91 Å². The first kappa shape index (κ1) is 20.4. The first-order chi connectivity index (χ1) is 14.4. The van der Waals surface area contributed by atoms with Crippen molar-refractivity contribution >= 4 is 34.4 Å². The molecule has 3 N–H and O–H groups in total. The second-order valence-corrected chi connectivity index (χ2v) is 8.11. The first-order valence-electron chi connectivity index (χ1n) is 9.92. The molecular weight excluding hydrogens is 404 g/mol. The number of carbonyl (C=O) groups excluding carboxylic acids is 2. The Morgan fingerprint density at radius 2 is 2.00 bits per heavy atom. The van der Waals surface area contributed by atoms with Gasteiger partial charge in [0, 0.05) is 22.3 Å². The summed E-state index contributed by atoms with van der Waals surface area (Å²) in [5, 5.41) is 15.7. The Labute approximate surface area is 179 Å². The van der Waals surface area contributed by atoms with Gasteiger partial charge >= 0.3 is 5.97 Å². The average Bonchev–Trinajstić information content (AvgIpc) is 3.12. The molecule has 3 aromatic rings. The highest BCUT2D eigenvalue weighted by Gasteiger charge is 2.44. The number of hydrogen-bond donors (Lipinski definition) is 3. The molecule has 1 aromatic heterocycles. The van der Waals surface area contributed by atoms with Crippen LogP contribution in [0.4, 0.5) is 0 Å². The molecule has 1 aliphatic rings. The minimum absolute atomic E-state index is 0.192. The number of nitrogens with one attached hydrogen (secondary N) is 2. The average molecular weight is 427 g/mol. The number of fused-ring (bicyclic) bond motifs is 2. The maximum Gasteiger partial charge on any atom is 0.308 e. The highest BCUT2D eigenvalue weighted by molar-refractivity contribution is 6.31. The van der Waals surface area contributed by atoms with Crippen LogP contribution in [0.3, 0.4) is 0 Å². The number of benzene rings is 2. The number of rotatable bonds is 5. The van der Waals surface area contributed by atoms with Gasteiger partial charge in [-0.25, -0.2) is 0 Å². The van der Waals surface area contributed by atoms with Crippen molar-refractivity contribution in [3.8, 4) is 0 Å². The van der Waals surface area contributed by atoms with E-state index in [1.54, 1.807) is 25.1 Å². The summed E-state index contributed by atoms with van der Waals surface area (Å²) in [5.74, 6) is -0.840. The fourth-order valence-corrected chi connectivity index (χ4v) is 4.27. The molecule has 2 atom stereocenters. The van der Waals surface area contributed by atoms with Crippen LogP contribution in [0.1, 0.15) is 35.0 Å². The lowest BCUT2D eigenvalue weighted by molar-refractivity contribution is -0.150. The molecule has 7 heteroatoms. The van der Waals surface area contributed by atoms with Gasteiger partial charge in [0.1, 0.15) is 5.69 Å². The Balaban J connectivity index is 1.61. The van der Waals surface area contributed by atoms with Crippen LogP contribution in [0.15, 0.2) is 48.5 Å². The van der Waals surface area contributed by atoms with Crippen molar-refractivity contribution in [3.05, 3.63) is 70.4 Å². The van der Waals surface area contributed by atoms with E-state index >= 15 is 0 Å². The molecule has 156 valence electrons. The van der Waals surface area contributed by atoms with E-state index in [0.717, 1.165) is 22.0 Å². The summed E-state index contributed by atoms with van der Waals surface area (Å²) in [6.07, 6.45) is 0.488. The highest BCUT2D eigenvalue weighted by atomic mass is 35.5. The summed E-state index contributed by atoms with van der Waals surface area (Å²) in [5.41, 5.74) is 1.73. The van der Waals surface area contributed by atoms with E-state index in [0.29, 0.717) is 17.1 Å². The number of esters is 1. The lowest BCUT2D eigenvalue weighted by Crippen LogP contribution is -2.58. The molecule has 30 heavy (non-hydrogen) atoms. The molecule has 0 unspecified atom stereocenters. The third-order valence-corrected chi connectivity index (χ3v) is 5.81. The van der Waals surface area contributed by atoms with E-state index in [1.807, 2.05) is 30.3 Å². The summed E-state index contributed by atoms with van der Waals surface area (Å²) in [6.45, 7) is 1.96. The van der Waals surface area contributed by atoms with Crippen LogP contribution in [0, 0.1) is 0 Å². The summed E-state index contributed by atoms with van der Waals surface area (Å²) in [4.78, 5) is 28.2. The largest absolute Gasteiger partial charge is 0.466 e. The van der Waals surface area contributed by atoms with Crippen molar-refractivity contribution in [1.82, 2.24) is 10.3 Å². The molecule has 6 nitrogen and oxygen atoms in total. The number of carbonyl (C=O) groups is 2. The number of aromatic amines is 1. The Morgan fingerprint density at radius 3 is 2.77 bits per heavy atom. The van der Waals surface area contributed by atoms with E-state index in [-0.39, 0.29) is 25.4 Å². The molecule has 2 aromatic carbocycles. The zero-order chi connectivity index (χ0) is 21.3. The van der Waals surface area contributed by atoms with Gasteiger partial charge in [0.15, 0.2) is 0 Å². The van der Waals surface area contributed by atoms with Crippen LogP contribution >= 0.6 is 11.6 Å². The molecule has 1 aliphatic carbocycles. The van der Waals surface area contributed by atoms with Crippen molar-refractivity contribution in [2.75, 3.05) is 6.61 Å². The van der Waals surface area contributed by atoms with Gasteiger partial charge in [-0.15, -0.1) is 0 Å². The van der Waals surface area contributed by atoms with Gasteiger partial charge in [0.05, 0.1) is 24.7 Å². The number of aliphatic hydroxyl groups is 1. The van der Waals surface area contributed by atoms with Gasteiger partial charge < -0.3 is 20.1 Å². The van der Waals surface area contributed by atoms with E-state index in [4.69, 9.17) is 16.3 Å². The molecule has 0 saturated carbocycles. The number of halogens is 1. The molecule has 1 amide bonds. The summed E-state index contributed by atoms with van der Waals surface area (Å²) in [7, 11) is 0. The second kappa shape index (κ2) is 8.13. The summed E-state index contributed by atoms with van der Waals surface area (Å²) >= 11 is 6.03. The summed E-state index contributed by atoms with van der Waals surface area (Å²) in [6, 6.07) is 14.1. The number of amides is 1. The van der Waals surface area contributed by atoms with Crippen molar-refractivity contribution in [1.29, 1.82) is 0 Å². The van der Waals surface area contributed by atoms with Crippen LogP contribution in [0.2, 0.25) is 5.02 Å². The standard InChI is InChI=1S/C23H23ClN2O4/c1-2-30-21(27)13-23(29)12-15-6-4-3-5-14(15)11-20(23)26-22(28)19-10-16-9-17(24)7-8-18(16)25-19/h3-10,20,25,29H,2,11-13H2,1H3,(H,26,28)/t20-,23+/m1/s1. The molecule has 4 rings (SSSR count). The van der Waals surface area contributed by atoms with Crippen molar-refractivity contribution in [2.24, 2.45) is 0 Å². The predicted octanol–water partition coefficient (Wildman–Crippen LogP) is 3.40. The third kappa shape index (κ3) is 4.06. The maximum absolute atomic E-state index is 13.0. The van der Waals surface area contributed by atoms with Crippen LogP contribution in [-0.2, 0) is 22.4 Å². The van der Waals surface area contributed by atoms with Crippen LogP contribution in [0.5, 0.6) is 0 Å². The number of hydrogen-bond acceptors (Lipinski definition) is 4. The lowest BCUT2D eigenvalue weighted by Gasteiger charge is -2.40. The maximum atomic E-state index is 13.0. The van der Waals surface area contributed by atoms with E-state index in [2.05, 4.69) is 10.3 Å². The third-order valence-electron chi connectivity index (χ3n) is 5.58. The first-order valence-corrected chi connectivity index (χ1v) is 10.3. The fraction of sp³-hybridized carbons (Fsp3) is 0.304. The summed E-state index contributed by atoms with van der Waals surface area (Å²) < 4.78 is 5.06. The van der Waals surface area contributed by atoms with Crippen molar-refractivity contribution in [3.63, 3.8) is 0 Å². The Hall–Kier alpha value is -2.83. The Morgan fingerprint density at radius 1 is 1.23 bits per heavy atom. The number of H-pyrrole nitrogens is 1. The van der Waals surface area contributed by atoms with Crippen LogP contribution in [-0.4, -0.2) is 40.2 Å². The quantitative estimate of drug-likeness (QED) is 0.545. The van der Waals surface area contributed by atoms with E-state index in [1.165, 1.54) is 0 Å². The molecule has 0 bridgehead atoms. The topological polar surface area (TPSA) is 91.4 Å². The predicted molar refractivity (Wildman–Crippen MR) is 115 cm³/mol. The molecule has 0 aliphatic heterocycles. The monoisotopic (exact) mass is 426 g/mol. The fourth-order valence-electron chi connectivity index (χ4n) is 4.09. The lowest BCUT2D eigenvalue weighted by atomic mass is 9.75. The molecule has 0 saturated heterocycles. The molecule has 0 radical (unpaired) electrons. The van der Waals surface area contributed by atoms with Crippen LogP contribution in [0.25, 0.3) is 10.9 Å². The smallest absolute Gasteiger partial charge is 0.308 e. The van der Waals surface area contributed by atoms with Gasteiger partial charge in [-0.1, -0.05) is 35.9 Å². The number of aromatic nitrogens is 1. The van der Waals surface area contributed by atoms with E-state index in [9.17, 15) is 14.7 Å². The number of ether oxygens (including phenoxy) is 1. The molecular formula is C23H23ClN2O4. The van der Waals surface area contributed by atoms with Gasteiger partial charge in [-0.3, -0.25) is 9.59 Å². The van der Waals surface area contributed by atoms with Crippen LogP contribution < -0.4 is 5.32 Å². The van der Waals surface area contributed by atoms with E-state index < -0.39 is 17.6 Å². The minimum Gasteiger partial charge on any atom is -0.466 e. The normalized spacial score (nSPS) is 20.6. The zero-order valence-corrected chi connectivity index (χ0v) is 17.3. The highest BCUT2D eigenvalue weighted by Crippen LogP contribution is 2.32. The van der Waals surface area contributed by atoms with Gasteiger partial charge in [-0.2, -0.15) is 0 Å². The molecule has 1 heterocycles. The molecule has 0 spiro atoms. The second-order valence-electron chi connectivity index (χ2n) is 7.68. The van der Waals surface area contributed by atoms with Crippen molar-refractivity contribution < 1.29 is 19.4 Å². The van der Waals surface area contributed by atoms with Gasteiger partial charge in [0.2, 0.25) is 0 Å². The SMILES string of the molecule is CCOC(=O)C[C@@]1(O)Cc2ccccc2C[C@H]1NC(=O)c1cc2cc(Cl)ccc2[nH]1. The van der Waals surface area contributed by atoms with Gasteiger partial charge in [-0.05, 0) is 48.7 Å². The molecule has 0 fully saturated rings. The minimum atomic E-state index is -1.44. The zero-order valence-electron chi connectivity index (χ0n) is 16.6. The Kier molecular flexibility index (Phi) is 5.54.